The number of likely N-dealkylation sites (tertiary alicyclic amines) is 1. The van der Waals surface area contributed by atoms with E-state index in [0.29, 0.717) is 25.0 Å². The molecule has 0 unspecified atom stereocenters. The van der Waals surface area contributed by atoms with Crippen LogP contribution in [0.3, 0.4) is 0 Å². The van der Waals surface area contributed by atoms with Crippen LogP contribution >= 0.6 is 0 Å². The predicted octanol–water partition coefficient (Wildman–Crippen LogP) is 4.69. The number of rotatable bonds is 9. The standard InChI is InChI=1S/C27H33N9O/c37-23-8-4-15-34(23)16-5-13-29-25-24-26(36(19-30-24)22-6-2-1-3-7-22)33-27(32-25)31-20-9-11-21(12-10-20)35-17-14-28-18-35/h9-12,14,17-19,22H,1-8,13,15-16H2,(H2,29,31,32,33). The van der Waals surface area contributed by atoms with Crippen LogP contribution in [0.5, 0.6) is 0 Å². The van der Waals surface area contributed by atoms with Gasteiger partial charge in [-0.15, -0.1) is 0 Å². The molecule has 0 spiro atoms. The van der Waals surface area contributed by atoms with Crippen molar-refractivity contribution in [2.75, 3.05) is 30.3 Å². The van der Waals surface area contributed by atoms with Gasteiger partial charge in [0.15, 0.2) is 17.0 Å². The predicted molar refractivity (Wildman–Crippen MR) is 143 cm³/mol. The van der Waals surface area contributed by atoms with Gasteiger partial charge in [-0.2, -0.15) is 9.97 Å². The molecule has 2 fully saturated rings. The smallest absolute Gasteiger partial charge is 0.231 e. The highest BCUT2D eigenvalue weighted by atomic mass is 16.2. The first-order chi connectivity index (χ1) is 18.2. The number of hydrogen-bond acceptors (Lipinski definition) is 7. The van der Waals surface area contributed by atoms with Crippen molar-refractivity contribution in [2.24, 2.45) is 0 Å². The normalized spacial score (nSPS) is 16.5. The summed E-state index contributed by atoms with van der Waals surface area (Å²) in [5.41, 5.74) is 3.60. The first kappa shape index (κ1) is 23.4. The molecule has 2 N–H and O–H groups in total. The summed E-state index contributed by atoms with van der Waals surface area (Å²) in [4.78, 5) is 32.4. The number of carbonyl (C=O) groups is 1. The summed E-state index contributed by atoms with van der Waals surface area (Å²) in [7, 11) is 0. The van der Waals surface area contributed by atoms with E-state index in [1.807, 2.05) is 46.3 Å². The van der Waals surface area contributed by atoms with Gasteiger partial charge in [-0.3, -0.25) is 4.79 Å². The fourth-order valence-electron chi connectivity index (χ4n) is 5.40. The summed E-state index contributed by atoms with van der Waals surface area (Å²) < 4.78 is 4.20. The molecule has 1 aliphatic heterocycles. The quantitative estimate of drug-likeness (QED) is 0.322. The van der Waals surface area contributed by atoms with Crippen LogP contribution < -0.4 is 10.6 Å². The summed E-state index contributed by atoms with van der Waals surface area (Å²) in [5, 5.41) is 6.87. The van der Waals surface area contributed by atoms with Crippen molar-refractivity contribution < 1.29 is 4.79 Å². The Morgan fingerprint density at radius 3 is 2.62 bits per heavy atom. The van der Waals surface area contributed by atoms with E-state index < -0.39 is 0 Å². The fraction of sp³-hybridized carbons (Fsp3) is 0.444. The number of hydrogen-bond donors (Lipinski definition) is 2. The number of anilines is 3. The van der Waals surface area contributed by atoms with E-state index in [2.05, 4.69) is 20.2 Å². The lowest BCUT2D eigenvalue weighted by Crippen LogP contribution is -2.27. The Morgan fingerprint density at radius 2 is 1.86 bits per heavy atom. The Labute approximate surface area is 216 Å². The monoisotopic (exact) mass is 499 g/mol. The van der Waals surface area contributed by atoms with Crippen LogP contribution in [0.4, 0.5) is 17.5 Å². The highest BCUT2D eigenvalue weighted by Crippen LogP contribution is 2.32. The minimum absolute atomic E-state index is 0.265. The zero-order valence-electron chi connectivity index (χ0n) is 21.0. The molecule has 3 aromatic heterocycles. The molecule has 1 amide bonds. The number of carbonyl (C=O) groups excluding carboxylic acids is 1. The third-order valence-electron chi connectivity index (χ3n) is 7.38. The van der Waals surface area contributed by atoms with Crippen LogP contribution in [0.25, 0.3) is 16.9 Å². The highest BCUT2D eigenvalue weighted by Gasteiger charge is 2.22. The number of nitrogens with one attached hydrogen (secondary N) is 2. The second kappa shape index (κ2) is 10.6. The van der Waals surface area contributed by atoms with Crippen molar-refractivity contribution in [1.82, 2.24) is 34.0 Å². The van der Waals surface area contributed by atoms with Crippen LogP contribution in [0.1, 0.15) is 57.4 Å². The van der Waals surface area contributed by atoms with Gasteiger partial charge in [-0.25, -0.2) is 9.97 Å². The molecule has 10 nitrogen and oxygen atoms in total. The number of aromatic nitrogens is 6. The van der Waals surface area contributed by atoms with Crippen molar-refractivity contribution in [2.45, 2.75) is 57.4 Å². The molecule has 192 valence electrons. The van der Waals surface area contributed by atoms with Gasteiger partial charge in [0.05, 0.1) is 12.7 Å². The van der Waals surface area contributed by atoms with E-state index in [1.54, 1.807) is 12.5 Å². The Hall–Kier alpha value is -3.95. The summed E-state index contributed by atoms with van der Waals surface area (Å²) in [6, 6.07) is 8.52. The third kappa shape index (κ3) is 5.14. The van der Waals surface area contributed by atoms with Crippen LogP contribution in [0.15, 0.2) is 49.3 Å². The number of amides is 1. The molecule has 1 saturated carbocycles. The summed E-state index contributed by atoms with van der Waals surface area (Å²) in [6.45, 7) is 2.35. The van der Waals surface area contributed by atoms with E-state index in [0.717, 1.165) is 67.1 Å². The van der Waals surface area contributed by atoms with Crippen LogP contribution in [-0.4, -0.2) is 59.5 Å². The minimum Gasteiger partial charge on any atom is -0.368 e. The average molecular weight is 500 g/mol. The second-order valence-corrected chi connectivity index (χ2v) is 9.92. The molecule has 0 atom stereocenters. The minimum atomic E-state index is 0.265. The molecule has 4 heterocycles. The molecular weight excluding hydrogens is 466 g/mol. The lowest BCUT2D eigenvalue weighted by Gasteiger charge is -2.23. The highest BCUT2D eigenvalue weighted by molar-refractivity contribution is 5.85. The van der Waals surface area contributed by atoms with Crippen molar-refractivity contribution in [3.05, 3.63) is 49.3 Å². The number of benzene rings is 1. The molecule has 1 saturated heterocycles. The maximum atomic E-state index is 11.9. The Morgan fingerprint density at radius 1 is 1.00 bits per heavy atom. The lowest BCUT2D eigenvalue weighted by molar-refractivity contribution is -0.127. The second-order valence-electron chi connectivity index (χ2n) is 9.92. The Balaban J connectivity index is 1.23. The van der Waals surface area contributed by atoms with Gasteiger partial charge in [0.25, 0.3) is 0 Å². The van der Waals surface area contributed by atoms with Gasteiger partial charge in [-0.05, 0) is 49.9 Å². The van der Waals surface area contributed by atoms with Crippen LogP contribution in [0.2, 0.25) is 0 Å². The number of nitrogens with zero attached hydrogens (tertiary/aromatic N) is 7. The number of imidazole rings is 2. The van der Waals surface area contributed by atoms with Gasteiger partial charge >= 0.3 is 0 Å². The maximum absolute atomic E-state index is 11.9. The molecule has 0 bridgehead atoms. The van der Waals surface area contributed by atoms with Gasteiger partial charge < -0.3 is 24.7 Å². The van der Waals surface area contributed by atoms with Crippen molar-refractivity contribution in [1.29, 1.82) is 0 Å². The summed E-state index contributed by atoms with van der Waals surface area (Å²) >= 11 is 0. The topological polar surface area (TPSA) is 106 Å². The summed E-state index contributed by atoms with van der Waals surface area (Å²) in [5.74, 6) is 1.53. The third-order valence-corrected chi connectivity index (χ3v) is 7.38. The lowest BCUT2D eigenvalue weighted by atomic mass is 9.95. The molecule has 2 aliphatic rings. The molecule has 0 radical (unpaired) electrons. The Bertz CT molecular complexity index is 1340. The van der Waals surface area contributed by atoms with Gasteiger partial charge in [-0.1, -0.05) is 19.3 Å². The number of fused-ring (bicyclic) bond motifs is 1. The average Bonchev–Trinajstić information content (AvgIpc) is 3.69. The molecule has 6 rings (SSSR count). The fourth-order valence-corrected chi connectivity index (χ4v) is 5.40. The molecule has 37 heavy (non-hydrogen) atoms. The summed E-state index contributed by atoms with van der Waals surface area (Å²) in [6.07, 6.45) is 16.0. The van der Waals surface area contributed by atoms with E-state index in [9.17, 15) is 4.79 Å². The zero-order chi connectivity index (χ0) is 25.0. The maximum Gasteiger partial charge on any atom is 0.231 e. The van der Waals surface area contributed by atoms with Gasteiger partial charge in [0.1, 0.15) is 0 Å². The zero-order valence-corrected chi connectivity index (χ0v) is 21.0. The van der Waals surface area contributed by atoms with E-state index in [-0.39, 0.29) is 5.91 Å². The molecule has 1 aliphatic carbocycles. The molecule has 4 aromatic rings. The molecule has 10 heteroatoms. The van der Waals surface area contributed by atoms with E-state index in [1.165, 1.54) is 19.3 Å². The van der Waals surface area contributed by atoms with Gasteiger partial charge in [0, 0.05) is 55.9 Å². The first-order valence-corrected chi connectivity index (χ1v) is 13.4. The largest absolute Gasteiger partial charge is 0.368 e. The first-order valence-electron chi connectivity index (χ1n) is 13.4. The van der Waals surface area contributed by atoms with E-state index in [4.69, 9.17) is 15.0 Å². The molecule has 1 aromatic carbocycles. The Kier molecular flexibility index (Phi) is 6.70. The van der Waals surface area contributed by atoms with Crippen LogP contribution in [-0.2, 0) is 4.79 Å². The molecular formula is C27H33N9O. The van der Waals surface area contributed by atoms with E-state index >= 15 is 0 Å². The van der Waals surface area contributed by atoms with Crippen LogP contribution in [0, 0.1) is 0 Å². The van der Waals surface area contributed by atoms with Crippen molar-refractivity contribution in [3.8, 4) is 5.69 Å². The van der Waals surface area contributed by atoms with Crippen molar-refractivity contribution >= 4 is 34.5 Å². The van der Waals surface area contributed by atoms with Crippen molar-refractivity contribution in [3.63, 3.8) is 0 Å². The van der Waals surface area contributed by atoms with Gasteiger partial charge in [0.2, 0.25) is 11.9 Å². The SMILES string of the molecule is O=C1CCCN1CCCNc1nc(Nc2ccc(-n3ccnc3)cc2)nc2c1ncn2C1CCCCC1.